The second kappa shape index (κ2) is 6.93. The van der Waals surface area contributed by atoms with Gasteiger partial charge in [-0.05, 0) is 52.8 Å². The highest BCUT2D eigenvalue weighted by molar-refractivity contribution is 14.1. The van der Waals surface area contributed by atoms with E-state index in [1.54, 1.807) is 0 Å². The van der Waals surface area contributed by atoms with Crippen molar-refractivity contribution in [1.29, 1.82) is 0 Å². The molecule has 0 N–H and O–H groups in total. The average Bonchev–Trinajstić information content (AvgIpc) is 2.30. The molecule has 1 aromatic rings. The van der Waals surface area contributed by atoms with E-state index in [1.807, 2.05) is 0 Å². The largest absolute Gasteiger partial charge is 0.544 e. The molecule has 0 saturated heterocycles. The molecule has 19 heavy (non-hydrogen) atoms. The van der Waals surface area contributed by atoms with Gasteiger partial charge in [0, 0.05) is 0 Å². The topological polar surface area (TPSA) is 9.23 Å². The standard InChI is InChI=1S/C16H25IOSi/c1-16(2,3)19(4,5)18-15-11-9-14(10-12-15)8-6-7-13-17/h7,9-13H,6,8H2,1-5H3/b13-7+. The van der Waals surface area contributed by atoms with Crippen molar-refractivity contribution < 1.29 is 4.43 Å². The molecule has 0 bridgehead atoms. The zero-order chi connectivity index (χ0) is 14.5. The van der Waals surface area contributed by atoms with Gasteiger partial charge in [0.25, 0.3) is 0 Å². The van der Waals surface area contributed by atoms with Gasteiger partial charge in [-0.2, -0.15) is 0 Å². The summed E-state index contributed by atoms with van der Waals surface area (Å²) in [5, 5.41) is 0.247. The summed E-state index contributed by atoms with van der Waals surface area (Å²) in [6.07, 6.45) is 4.39. The second-order valence-electron chi connectivity index (χ2n) is 6.41. The molecule has 1 rings (SSSR count). The first-order valence-electron chi connectivity index (χ1n) is 6.79. The van der Waals surface area contributed by atoms with E-state index in [9.17, 15) is 0 Å². The minimum absolute atomic E-state index is 0.247. The highest BCUT2D eigenvalue weighted by atomic mass is 127. The van der Waals surface area contributed by atoms with Gasteiger partial charge in [0.1, 0.15) is 5.75 Å². The Balaban J connectivity index is 2.67. The van der Waals surface area contributed by atoms with Crippen molar-refractivity contribution in [3.05, 3.63) is 40.0 Å². The number of aryl methyl sites for hydroxylation is 1. The van der Waals surface area contributed by atoms with E-state index in [-0.39, 0.29) is 5.04 Å². The molecule has 0 heterocycles. The van der Waals surface area contributed by atoms with Gasteiger partial charge in [0.15, 0.2) is 0 Å². The predicted molar refractivity (Wildman–Crippen MR) is 95.7 cm³/mol. The summed E-state index contributed by atoms with van der Waals surface area (Å²) < 4.78 is 8.35. The Labute approximate surface area is 132 Å². The van der Waals surface area contributed by atoms with Crippen LogP contribution in [0.2, 0.25) is 18.1 Å². The van der Waals surface area contributed by atoms with E-state index in [2.05, 4.69) is 90.9 Å². The van der Waals surface area contributed by atoms with Crippen LogP contribution in [0, 0.1) is 0 Å². The number of hydrogen-bond acceptors (Lipinski definition) is 1. The predicted octanol–water partition coefficient (Wildman–Crippen LogP) is 5.95. The summed E-state index contributed by atoms with van der Waals surface area (Å²) in [6, 6.07) is 8.60. The number of allylic oxidation sites excluding steroid dienone is 1. The van der Waals surface area contributed by atoms with E-state index in [0.29, 0.717) is 0 Å². The molecule has 0 unspecified atom stereocenters. The van der Waals surface area contributed by atoms with Crippen LogP contribution < -0.4 is 4.43 Å². The Bertz CT molecular complexity index is 415. The van der Waals surface area contributed by atoms with Crippen molar-refractivity contribution in [2.75, 3.05) is 0 Å². The van der Waals surface area contributed by atoms with E-state index >= 15 is 0 Å². The maximum atomic E-state index is 6.27. The zero-order valence-electron chi connectivity index (χ0n) is 12.7. The van der Waals surface area contributed by atoms with Crippen molar-refractivity contribution in [2.24, 2.45) is 0 Å². The van der Waals surface area contributed by atoms with Gasteiger partial charge in [-0.25, -0.2) is 0 Å². The first-order chi connectivity index (χ1) is 8.76. The molecule has 0 spiro atoms. The molecule has 0 amide bonds. The lowest BCUT2D eigenvalue weighted by Crippen LogP contribution is -2.43. The van der Waals surface area contributed by atoms with E-state index in [0.717, 1.165) is 18.6 Å². The summed E-state index contributed by atoms with van der Waals surface area (Å²) in [4.78, 5) is 0. The highest BCUT2D eigenvalue weighted by Gasteiger charge is 2.38. The Hall–Kier alpha value is -0.293. The number of benzene rings is 1. The Kier molecular flexibility index (Phi) is 6.11. The first-order valence-corrected chi connectivity index (χ1v) is 10.9. The highest BCUT2D eigenvalue weighted by Crippen LogP contribution is 2.37. The van der Waals surface area contributed by atoms with Gasteiger partial charge < -0.3 is 4.43 Å². The molecule has 1 nitrogen and oxygen atoms in total. The molecule has 106 valence electrons. The van der Waals surface area contributed by atoms with Crippen LogP contribution in [0.25, 0.3) is 0 Å². The Morgan fingerprint density at radius 2 is 1.74 bits per heavy atom. The Morgan fingerprint density at radius 1 is 1.16 bits per heavy atom. The fourth-order valence-electron chi connectivity index (χ4n) is 1.48. The third-order valence-corrected chi connectivity index (χ3v) is 8.66. The van der Waals surface area contributed by atoms with Crippen LogP contribution >= 0.6 is 22.6 Å². The summed E-state index contributed by atoms with van der Waals surface area (Å²) in [6.45, 7) is 11.4. The van der Waals surface area contributed by atoms with Gasteiger partial charge in [0.2, 0.25) is 8.32 Å². The Morgan fingerprint density at radius 3 is 2.21 bits per heavy atom. The number of rotatable bonds is 5. The van der Waals surface area contributed by atoms with Crippen LogP contribution in [0.1, 0.15) is 32.8 Å². The van der Waals surface area contributed by atoms with Gasteiger partial charge in [-0.1, -0.05) is 61.6 Å². The average molecular weight is 388 g/mol. The molecule has 0 atom stereocenters. The lowest BCUT2D eigenvalue weighted by Gasteiger charge is -2.36. The molecular formula is C16H25IOSi. The molecule has 0 radical (unpaired) electrons. The quantitative estimate of drug-likeness (QED) is 0.447. The minimum atomic E-state index is -1.71. The molecule has 3 heteroatoms. The fourth-order valence-corrected chi connectivity index (χ4v) is 2.88. The summed E-state index contributed by atoms with van der Waals surface area (Å²) >= 11 is 2.26. The first kappa shape index (κ1) is 16.8. The molecule has 0 aliphatic heterocycles. The van der Waals surface area contributed by atoms with Crippen LogP contribution in [0.15, 0.2) is 34.4 Å². The van der Waals surface area contributed by atoms with Crippen molar-refractivity contribution in [3.63, 3.8) is 0 Å². The van der Waals surface area contributed by atoms with Crippen LogP contribution in [0.4, 0.5) is 0 Å². The summed E-state index contributed by atoms with van der Waals surface area (Å²) in [5.41, 5.74) is 1.37. The smallest absolute Gasteiger partial charge is 0.250 e. The van der Waals surface area contributed by atoms with E-state index in [4.69, 9.17) is 4.43 Å². The summed E-state index contributed by atoms with van der Waals surface area (Å²) in [7, 11) is -1.71. The number of halogens is 1. The lowest BCUT2D eigenvalue weighted by atomic mass is 10.1. The minimum Gasteiger partial charge on any atom is -0.544 e. The van der Waals surface area contributed by atoms with Gasteiger partial charge in [-0.3, -0.25) is 0 Å². The third kappa shape index (κ3) is 5.30. The van der Waals surface area contributed by atoms with Crippen molar-refractivity contribution in [1.82, 2.24) is 0 Å². The SMILES string of the molecule is CC(C)(C)[Si](C)(C)Oc1ccc(CC/C=C/I)cc1. The molecular weight excluding hydrogens is 363 g/mol. The molecule has 0 fully saturated rings. The van der Waals surface area contributed by atoms with Gasteiger partial charge >= 0.3 is 0 Å². The van der Waals surface area contributed by atoms with Crippen LogP contribution in [0.3, 0.4) is 0 Å². The monoisotopic (exact) mass is 388 g/mol. The molecule has 0 saturated carbocycles. The van der Waals surface area contributed by atoms with Crippen molar-refractivity contribution in [2.45, 2.75) is 51.7 Å². The third-order valence-electron chi connectivity index (χ3n) is 3.79. The number of hydrogen-bond donors (Lipinski definition) is 0. The lowest BCUT2D eigenvalue weighted by molar-refractivity contribution is 0.492. The fraction of sp³-hybridized carbons (Fsp3) is 0.500. The zero-order valence-corrected chi connectivity index (χ0v) is 15.8. The van der Waals surface area contributed by atoms with Gasteiger partial charge in [0.05, 0.1) is 0 Å². The molecule has 1 aromatic carbocycles. The van der Waals surface area contributed by atoms with Crippen LogP contribution in [-0.2, 0) is 6.42 Å². The molecule has 0 aliphatic carbocycles. The molecule has 0 aromatic heterocycles. The molecule has 0 aliphatic rings. The van der Waals surface area contributed by atoms with Crippen molar-refractivity contribution in [3.8, 4) is 5.75 Å². The van der Waals surface area contributed by atoms with E-state index in [1.165, 1.54) is 5.56 Å². The van der Waals surface area contributed by atoms with Crippen LogP contribution in [0.5, 0.6) is 5.75 Å². The van der Waals surface area contributed by atoms with Gasteiger partial charge in [-0.15, -0.1) is 0 Å². The normalized spacial score (nSPS) is 12.9. The maximum Gasteiger partial charge on any atom is 0.250 e. The van der Waals surface area contributed by atoms with Crippen molar-refractivity contribution >= 4 is 30.9 Å². The summed E-state index contributed by atoms with van der Waals surface area (Å²) in [5.74, 6) is 1.01. The second-order valence-corrected chi connectivity index (χ2v) is 11.9. The van der Waals surface area contributed by atoms with E-state index < -0.39 is 8.32 Å². The van der Waals surface area contributed by atoms with Crippen LogP contribution in [-0.4, -0.2) is 8.32 Å². The maximum absolute atomic E-state index is 6.27.